The fourth-order valence-corrected chi connectivity index (χ4v) is 3.93. The zero-order valence-electron chi connectivity index (χ0n) is 18.2. The summed E-state index contributed by atoms with van der Waals surface area (Å²) in [5.41, 5.74) is 3.53. The van der Waals surface area contributed by atoms with Gasteiger partial charge in [0.15, 0.2) is 11.5 Å². The van der Waals surface area contributed by atoms with Crippen LogP contribution < -0.4 is 10.1 Å². The van der Waals surface area contributed by atoms with E-state index in [9.17, 15) is 4.79 Å². The van der Waals surface area contributed by atoms with Crippen molar-refractivity contribution in [3.63, 3.8) is 0 Å². The van der Waals surface area contributed by atoms with Gasteiger partial charge in [-0.05, 0) is 47.9 Å². The highest BCUT2D eigenvalue weighted by molar-refractivity contribution is 5.95. The first-order chi connectivity index (χ1) is 16.2. The van der Waals surface area contributed by atoms with Crippen molar-refractivity contribution in [1.82, 2.24) is 29.9 Å². The Labute approximate surface area is 190 Å². The third kappa shape index (κ3) is 4.23. The highest BCUT2D eigenvalue weighted by Crippen LogP contribution is 2.24. The van der Waals surface area contributed by atoms with Crippen molar-refractivity contribution >= 4 is 16.8 Å². The molecule has 0 fully saturated rings. The molecule has 0 aliphatic rings. The molecular weight excluding hydrogens is 416 g/mol. The van der Waals surface area contributed by atoms with Crippen molar-refractivity contribution in [3.05, 3.63) is 96.1 Å². The molecule has 8 heteroatoms. The van der Waals surface area contributed by atoms with E-state index in [4.69, 9.17) is 4.74 Å². The number of amides is 1. The van der Waals surface area contributed by atoms with Crippen LogP contribution in [-0.4, -0.2) is 44.1 Å². The Kier molecular flexibility index (Phi) is 5.63. The van der Waals surface area contributed by atoms with Gasteiger partial charge in [0, 0.05) is 36.0 Å². The Balaban J connectivity index is 1.33. The monoisotopic (exact) mass is 440 g/mol. The van der Waals surface area contributed by atoms with E-state index < -0.39 is 0 Å². The van der Waals surface area contributed by atoms with E-state index in [0.29, 0.717) is 31.0 Å². The van der Waals surface area contributed by atoms with Crippen LogP contribution in [-0.2, 0) is 13.0 Å². The Morgan fingerprint density at radius 3 is 2.70 bits per heavy atom. The maximum atomic E-state index is 13.1. The number of benzene rings is 2. The number of methoxy groups -OCH3 is 1. The molecule has 0 aliphatic carbocycles. The largest absolute Gasteiger partial charge is 0.497 e. The van der Waals surface area contributed by atoms with E-state index >= 15 is 0 Å². The first-order valence-electron chi connectivity index (χ1n) is 10.8. The number of ether oxygens (including phenoxy) is 1. The summed E-state index contributed by atoms with van der Waals surface area (Å²) < 4.78 is 8.95. The minimum atomic E-state index is -0.254. The zero-order valence-corrected chi connectivity index (χ0v) is 18.2. The van der Waals surface area contributed by atoms with Gasteiger partial charge in [0.2, 0.25) is 0 Å². The summed E-state index contributed by atoms with van der Waals surface area (Å²) in [6.45, 7) is 0.992. The number of aromatic nitrogens is 5. The van der Waals surface area contributed by atoms with Crippen LogP contribution in [0.1, 0.15) is 21.6 Å². The number of hydrogen-bond acceptors (Lipinski definition) is 4. The van der Waals surface area contributed by atoms with Gasteiger partial charge in [-0.25, -0.2) is 4.68 Å². The fraction of sp³-hybridized carbons (Fsp3) is 0.160. The first kappa shape index (κ1) is 20.6. The normalized spacial score (nSPS) is 11.1. The minimum Gasteiger partial charge on any atom is -0.497 e. The molecule has 0 unspecified atom stereocenters. The molecule has 0 bridgehead atoms. The maximum Gasteiger partial charge on any atom is 0.275 e. The van der Waals surface area contributed by atoms with Gasteiger partial charge < -0.3 is 19.6 Å². The number of nitrogens with one attached hydrogen (secondary N) is 2. The molecule has 5 rings (SSSR count). The lowest BCUT2D eigenvalue weighted by Crippen LogP contribution is -2.27. The molecule has 33 heavy (non-hydrogen) atoms. The molecule has 166 valence electrons. The van der Waals surface area contributed by atoms with E-state index in [-0.39, 0.29) is 5.91 Å². The molecule has 0 spiro atoms. The standard InChI is InChI=1S/C25H24N6O2/c1-33-20-9-10-22-21(15-20)19(16-27-22)11-12-26-24(32)23-25(30-13-5-6-14-30)31(29-28-23)17-18-7-3-2-4-8-18/h2-10,13-16,27H,11-12,17H2,1H3,(H,26,32). The summed E-state index contributed by atoms with van der Waals surface area (Å²) in [6, 6.07) is 19.7. The van der Waals surface area contributed by atoms with E-state index in [0.717, 1.165) is 27.8 Å². The Morgan fingerprint density at radius 1 is 1.09 bits per heavy atom. The second-order valence-electron chi connectivity index (χ2n) is 7.73. The fourth-order valence-electron chi connectivity index (χ4n) is 3.93. The Morgan fingerprint density at radius 2 is 1.91 bits per heavy atom. The number of fused-ring (bicyclic) bond motifs is 1. The molecule has 0 radical (unpaired) electrons. The van der Waals surface area contributed by atoms with Crippen LogP contribution in [0, 0.1) is 0 Å². The maximum absolute atomic E-state index is 13.1. The second-order valence-corrected chi connectivity index (χ2v) is 7.73. The lowest BCUT2D eigenvalue weighted by molar-refractivity contribution is 0.0949. The molecule has 3 heterocycles. The smallest absolute Gasteiger partial charge is 0.275 e. The van der Waals surface area contributed by atoms with Crippen molar-refractivity contribution < 1.29 is 9.53 Å². The molecule has 1 amide bonds. The summed E-state index contributed by atoms with van der Waals surface area (Å²) in [4.78, 5) is 16.3. The van der Waals surface area contributed by atoms with Crippen molar-refractivity contribution in [1.29, 1.82) is 0 Å². The zero-order chi connectivity index (χ0) is 22.6. The van der Waals surface area contributed by atoms with E-state index in [1.54, 1.807) is 11.8 Å². The van der Waals surface area contributed by atoms with Crippen LogP contribution in [0.15, 0.2) is 79.3 Å². The summed E-state index contributed by atoms with van der Waals surface area (Å²) in [6.07, 6.45) is 6.42. The van der Waals surface area contributed by atoms with E-state index in [2.05, 4.69) is 20.6 Å². The predicted octanol–water partition coefficient (Wildman–Crippen LogP) is 3.58. The van der Waals surface area contributed by atoms with Gasteiger partial charge in [0.25, 0.3) is 5.91 Å². The molecule has 0 atom stereocenters. The molecule has 8 nitrogen and oxygen atoms in total. The Hall–Kier alpha value is -4.33. The molecule has 3 aromatic heterocycles. The Bertz CT molecular complexity index is 1370. The molecule has 2 aromatic carbocycles. The second kappa shape index (κ2) is 9.04. The van der Waals surface area contributed by atoms with E-state index in [1.807, 2.05) is 83.8 Å². The number of carbonyl (C=O) groups excluding carboxylic acids is 1. The van der Waals surface area contributed by atoms with Crippen molar-refractivity contribution in [2.75, 3.05) is 13.7 Å². The van der Waals surface area contributed by atoms with Gasteiger partial charge in [-0.1, -0.05) is 35.5 Å². The molecule has 0 aliphatic heterocycles. The van der Waals surface area contributed by atoms with Crippen LogP contribution in [0.3, 0.4) is 0 Å². The molecule has 5 aromatic rings. The van der Waals surface area contributed by atoms with Gasteiger partial charge >= 0.3 is 0 Å². The topological polar surface area (TPSA) is 89.8 Å². The predicted molar refractivity (Wildman–Crippen MR) is 126 cm³/mol. The van der Waals surface area contributed by atoms with Crippen LogP contribution >= 0.6 is 0 Å². The number of carbonyl (C=O) groups is 1. The third-order valence-corrected chi connectivity index (χ3v) is 5.60. The summed E-state index contributed by atoms with van der Waals surface area (Å²) in [5, 5.41) is 12.6. The lowest BCUT2D eigenvalue weighted by atomic mass is 10.1. The van der Waals surface area contributed by atoms with Gasteiger partial charge in [-0.2, -0.15) is 0 Å². The number of H-pyrrole nitrogens is 1. The van der Waals surface area contributed by atoms with Crippen molar-refractivity contribution in [2.45, 2.75) is 13.0 Å². The molecular formula is C25H24N6O2. The number of rotatable bonds is 8. The first-order valence-corrected chi connectivity index (χ1v) is 10.8. The molecule has 2 N–H and O–H groups in total. The number of nitrogens with zero attached hydrogens (tertiary/aromatic N) is 4. The van der Waals surface area contributed by atoms with E-state index in [1.165, 1.54) is 0 Å². The average molecular weight is 441 g/mol. The van der Waals surface area contributed by atoms with Gasteiger partial charge in [-0.15, -0.1) is 5.10 Å². The molecule has 0 saturated heterocycles. The average Bonchev–Trinajstić information content (AvgIpc) is 3.59. The van der Waals surface area contributed by atoms with Crippen LogP contribution in [0.2, 0.25) is 0 Å². The van der Waals surface area contributed by atoms with Crippen LogP contribution in [0.25, 0.3) is 16.7 Å². The van der Waals surface area contributed by atoms with Crippen molar-refractivity contribution in [3.8, 4) is 11.6 Å². The van der Waals surface area contributed by atoms with Crippen LogP contribution in [0.4, 0.5) is 0 Å². The minimum absolute atomic E-state index is 0.254. The lowest BCUT2D eigenvalue weighted by Gasteiger charge is -2.10. The number of aromatic amines is 1. The van der Waals surface area contributed by atoms with Gasteiger partial charge in [0.1, 0.15) is 5.75 Å². The van der Waals surface area contributed by atoms with Gasteiger partial charge in [-0.3, -0.25) is 4.79 Å². The molecule has 0 saturated carbocycles. The number of hydrogen-bond donors (Lipinski definition) is 2. The van der Waals surface area contributed by atoms with Gasteiger partial charge in [0.05, 0.1) is 13.7 Å². The third-order valence-electron chi connectivity index (χ3n) is 5.60. The van der Waals surface area contributed by atoms with Crippen molar-refractivity contribution in [2.24, 2.45) is 0 Å². The summed E-state index contributed by atoms with van der Waals surface area (Å²) in [5.74, 6) is 1.19. The quantitative estimate of drug-likeness (QED) is 0.386. The highest BCUT2D eigenvalue weighted by Gasteiger charge is 2.21. The summed E-state index contributed by atoms with van der Waals surface area (Å²) >= 11 is 0. The highest BCUT2D eigenvalue weighted by atomic mass is 16.5. The summed E-state index contributed by atoms with van der Waals surface area (Å²) in [7, 11) is 1.65. The van der Waals surface area contributed by atoms with Crippen LogP contribution in [0.5, 0.6) is 5.75 Å². The SMILES string of the molecule is COc1ccc2[nH]cc(CCNC(=O)c3nnn(Cc4ccccc4)c3-n3cccc3)c2c1.